The number of ether oxygens (including phenoxy) is 1. The molecule has 2 aliphatic carbocycles. The molecule has 0 spiro atoms. The number of fused-ring (bicyclic) bond motifs is 1. The van der Waals surface area contributed by atoms with Gasteiger partial charge in [-0.3, -0.25) is 4.79 Å². The molecule has 1 heterocycles. The molecule has 3 rings (SSSR count). The lowest BCUT2D eigenvalue weighted by Gasteiger charge is -2.57. The van der Waals surface area contributed by atoms with Crippen LogP contribution in [0.25, 0.3) is 0 Å². The molecule has 0 aromatic carbocycles. The van der Waals surface area contributed by atoms with Crippen LogP contribution in [0.4, 0.5) is 0 Å². The largest absolute Gasteiger partial charge is 0.481 e. The minimum atomic E-state index is -1.27. The van der Waals surface area contributed by atoms with Gasteiger partial charge in [-0.15, -0.1) is 0 Å². The molecule has 0 aromatic heterocycles. The summed E-state index contributed by atoms with van der Waals surface area (Å²) in [7, 11) is 0. The summed E-state index contributed by atoms with van der Waals surface area (Å²) in [6.07, 6.45) is 3.53. The summed E-state index contributed by atoms with van der Waals surface area (Å²) in [5.41, 5.74) is -0.999. The highest BCUT2D eigenvalue weighted by atomic mass is 16.5. The van der Waals surface area contributed by atoms with E-state index in [1.807, 2.05) is 6.92 Å². The maximum atomic E-state index is 12.0. The van der Waals surface area contributed by atoms with Gasteiger partial charge < -0.3 is 20.1 Å². The molecule has 1 saturated heterocycles. The Kier molecular flexibility index (Phi) is 4.58. The summed E-state index contributed by atoms with van der Waals surface area (Å²) in [4.78, 5) is 12.0. The van der Waals surface area contributed by atoms with E-state index in [0.717, 1.165) is 37.7 Å². The quantitative estimate of drug-likeness (QED) is 0.680. The number of hydrogen-bond acceptors (Lipinski definition) is 4. The summed E-state index contributed by atoms with van der Waals surface area (Å²) in [6.45, 7) is 10.2. The average molecular weight is 352 g/mol. The van der Waals surface area contributed by atoms with Gasteiger partial charge in [0.1, 0.15) is 11.7 Å². The minimum absolute atomic E-state index is 0.0954. The second-order valence-corrected chi connectivity index (χ2v) is 9.18. The number of aliphatic hydroxyl groups excluding tert-OH is 1. The molecule has 0 unspecified atom stereocenters. The molecule has 5 nitrogen and oxygen atoms in total. The number of carbonyl (C=O) groups is 1. The first kappa shape index (κ1) is 18.9. The SMILES string of the molecule is C=C1CC[C@@H]2[C@](C)(CCC[C@]2(C)C(=O)O)[C@H]1C[C@H]1OC[C@@H](O)[C@@]1(C)O. The van der Waals surface area contributed by atoms with Crippen molar-refractivity contribution >= 4 is 5.97 Å². The highest BCUT2D eigenvalue weighted by Gasteiger charge is 2.59. The van der Waals surface area contributed by atoms with Gasteiger partial charge in [-0.25, -0.2) is 0 Å². The third-order valence-corrected chi connectivity index (χ3v) is 7.74. The third-order valence-electron chi connectivity index (χ3n) is 7.74. The maximum absolute atomic E-state index is 12.0. The number of carboxylic acid groups (broad SMARTS) is 1. The van der Waals surface area contributed by atoms with Crippen LogP contribution >= 0.6 is 0 Å². The van der Waals surface area contributed by atoms with Gasteiger partial charge in [0, 0.05) is 0 Å². The second kappa shape index (κ2) is 6.07. The normalized spacial score (nSPS) is 50.5. The fourth-order valence-corrected chi connectivity index (χ4v) is 5.92. The van der Waals surface area contributed by atoms with Crippen LogP contribution in [0.15, 0.2) is 12.2 Å². The second-order valence-electron chi connectivity index (χ2n) is 9.18. The van der Waals surface area contributed by atoms with Gasteiger partial charge in [-0.2, -0.15) is 0 Å². The van der Waals surface area contributed by atoms with Crippen molar-refractivity contribution in [2.75, 3.05) is 6.61 Å². The Labute approximate surface area is 150 Å². The highest BCUT2D eigenvalue weighted by molar-refractivity contribution is 5.75. The van der Waals surface area contributed by atoms with Crippen LogP contribution < -0.4 is 0 Å². The molecular formula is C20H32O5. The molecule has 0 bridgehead atoms. The Hall–Kier alpha value is -0.910. The predicted octanol–water partition coefficient (Wildman–Crippen LogP) is 2.75. The third kappa shape index (κ3) is 2.75. The van der Waals surface area contributed by atoms with Crippen LogP contribution in [0.2, 0.25) is 0 Å². The smallest absolute Gasteiger partial charge is 0.309 e. The van der Waals surface area contributed by atoms with Crippen LogP contribution in [0, 0.1) is 22.7 Å². The molecule has 0 amide bonds. The molecular weight excluding hydrogens is 320 g/mol. The number of rotatable bonds is 3. The summed E-state index contributed by atoms with van der Waals surface area (Å²) in [5.74, 6) is -0.501. The summed E-state index contributed by atoms with van der Waals surface area (Å²) in [5, 5.41) is 30.5. The van der Waals surface area contributed by atoms with E-state index in [9.17, 15) is 20.1 Å². The Morgan fingerprint density at radius 2 is 2.00 bits per heavy atom. The molecule has 1 aliphatic heterocycles. The molecule has 3 fully saturated rings. The average Bonchev–Trinajstić information content (AvgIpc) is 2.76. The minimum Gasteiger partial charge on any atom is -0.481 e. The first-order valence-electron chi connectivity index (χ1n) is 9.46. The Bertz CT molecular complexity index is 570. The van der Waals surface area contributed by atoms with Crippen molar-refractivity contribution in [1.29, 1.82) is 0 Å². The van der Waals surface area contributed by atoms with Crippen LogP contribution in [-0.2, 0) is 9.53 Å². The van der Waals surface area contributed by atoms with Gasteiger partial charge in [0.05, 0.1) is 18.1 Å². The van der Waals surface area contributed by atoms with Crippen molar-refractivity contribution in [3.63, 3.8) is 0 Å². The van der Waals surface area contributed by atoms with Crippen LogP contribution in [-0.4, -0.2) is 45.7 Å². The zero-order valence-corrected chi connectivity index (χ0v) is 15.6. The van der Waals surface area contributed by atoms with Gasteiger partial charge in [0.25, 0.3) is 0 Å². The lowest BCUT2D eigenvalue weighted by molar-refractivity contribution is -0.165. The monoisotopic (exact) mass is 352 g/mol. The molecule has 3 N–H and O–H groups in total. The Balaban J connectivity index is 1.90. The van der Waals surface area contributed by atoms with Gasteiger partial charge in [-0.05, 0) is 63.2 Å². The number of carboxylic acids is 1. The first-order chi connectivity index (χ1) is 11.5. The standard InChI is InChI=1S/C20H32O5/c1-12-6-7-14-18(2,8-5-9-19(14,3)17(22)23)13(12)10-16-20(4,24)15(21)11-25-16/h13-16,21,24H,1,5-11H2,2-4H3,(H,22,23)/t13-,14+,15+,16+,18+,19-,20+/m0/s1. The van der Waals surface area contributed by atoms with E-state index >= 15 is 0 Å². The van der Waals surface area contributed by atoms with Crippen molar-refractivity contribution in [3.8, 4) is 0 Å². The van der Waals surface area contributed by atoms with Crippen LogP contribution in [0.1, 0.15) is 59.3 Å². The van der Waals surface area contributed by atoms with E-state index in [0.29, 0.717) is 6.42 Å². The predicted molar refractivity (Wildman–Crippen MR) is 94.0 cm³/mol. The Morgan fingerprint density at radius 1 is 1.32 bits per heavy atom. The topological polar surface area (TPSA) is 87.0 Å². The van der Waals surface area contributed by atoms with Gasteiger partial charge in [0.2, 0.25) is 0 Å². The zero-order chi connectivity index (χ0) is 18.6. The van der Waals surface area contributed by atoms with E-state index in [4.69, 9.17) is 4.74 Å². The molecule has 0 aromatic rings. The van der Waals surface area contributed by atoms with E-state index < -0.39 is 29.2 Å². The summed E-state index contributed by atoms with van der Waals surface area (Å²) >= 11 is 0. The molecule has 5 heteroatoms. The van der Waals surface area contributed by atoms with Gasteiger partial charge >= 0.3 is 5.97 Å². The molecule has 0 radical (unpaired) electrons. The molecule has 2 saturated carbocycles. The summed E-state index contributed by atoms with van der Waals surface area (Å²) < 4.78 is 5.70. The number of hydrogen-bond donors (Lipinski definition) is 3. The number of aliphatic hydroxyl groups is 2. The van der Waals surface area contributed by atoms with Crippen molar-refractivity contribution in [1.82, 2.24) is 0 Å². The van der Waals surface area contributed by atoms with E-state index in [2.05, 4.69) is 13.5 Å². The Morgan fingerprint density at radius 3 is 2.56 bits per heavy atom. The first-order valence-corrected chi connectivity index (χ1v) is 9.46. The molecule has 7 atom stereocenters. The van der Waals surface area contributed by atoms with Crippen molar-refractivity contribution in [2.24, 2.45) is 22.7 Å². The number of aliphatic carboxylic acids is 1. The molecule has 142 valence electrons. The summed E-state index contributed by atoms with van der Waals surface area (Å²) in [6, 6.07) is 0. The van der Waals surface area contributed by atoms with Gasteiger partial charge in [-0.1, -0.05) is 25.5 Å². The molecule has 3 aliphatic rings. The number of allylic oxidation sites excluding steroid dienone is 1. The zero-order valence-electron chi connectivity index (χ0n) is 15.6. The van der Waals surface area contributed by atoms with E-state index in [-0.39, 0.29) is 23.9 Å². The van der Waals surface area contributed by atoms with Gasteiger partial charge in [0.15, 0.2) is 0 Å². The molecule has 25 heavy (non-hydrogen) atoms. The lowest BCUT2D eigenvalue weighted by Crippen LogP contribution is -2.55. The van der Waals surface area contributed by atoms with Crippen LogP contribution in [0.5, 0.6) is 0 Å². The van der Waals surface area contributed by atoms with Crippen molar-refractivity contribution in [2.45, 2.75) is 77.1 Å². The maximum Gasteiger partial charge on any atom is 0.309 e. The van der Waals surface area contributed by atoms with Crippen molar-refractivity contribution < 1.29 is 24.9 Å². The fourth-order valence-electron chi connectivity index (χ4n) is 5.92. The highest BCUT2D eigenvalue weighted by Crippen LogP contribution is 2.62. The van der Waals surface area contributed by atoms with E-state index in [1.165, 1.54) is 0 Å². The lowest BCUT2D eigenvalue weighted by atomic mass is 9.46. The fraction of sp³-hybridized carbons (Fsp3) is 0.850. The van der Waals surface area contributed by atoms with E-state index in [1.54, 1.807) is 6.92 Å². The van der Waals surface area contributed by atoms with Crippen LogP contribution in [0.3, 0.4) is 0 Å². The van der Waals surface area contributed by atoms with Crippen molar-refractivity contribution in [3.05, 3.63) is 12.2 Å².